The summed E-state index contributed by atoms with van der Waals surface area (Å²) in [5, 5.41) is 0.988. The summed E-state index contributed by atoms with van der Waals surface area (Å²) >= 11 is 1.73. The third-order valence-corrected chi connectivity index (χ3v) is 8.11. The number of hydrogen-bond acceptors (Lipinski definition) is 4. The minimum Gasteiger partial charge on any atom is -0.378 e. The molecule has 0 unspecified atom stereocenters. The monoisotopic (exact) mass is 550 g/mol. The van der Waals surface area contributed by atoms with Crippen molar-refractivity contribution < 1.29 is 9.25 Å². The first-order valence-electron chi connectivity index (χ1n) is 13.7. The molecule has 7 heteroatoms. The van der Waals surface area contributed by atoms with Gasteiger partial charge in [-0.3, -0.25) is 0 Å². The molecule has 6 nitrogen and oxygen atoms in total. The van der Waals surface area contributed by atoms with Crippen molar-refractivity contribution in [1.29, 1.82) is 0 Å². The fourth-order valence-electron chi connectivity index (χ4n) is 4.87. The van der Waals surface area contributed by atoms with Crippen LogP contribution in [-0.4, -0.2) is 39.1 Å². The van der Waals surface area contributed by atoms with Gasteiger partial charge < -0.3 is 9.80 Å². The van der Waals surface area contributed by atoms with E-state index in [9.17, 15) is 0 Å². The fourth-order valence-corrected chi connectivity index (χ4v) is 6.08. The molecule has 0 atom stereocenters. The van der Waals surface area contributed by atoms with E-state index in [4.69, 9.17) is 4.99 Å². The number of hydrogen-bond donors (Lipinski definition) is 0. The first-order chi connectivity index (χ1) is 19.4. The highest BCUT2D eigenvalue weighted by molar-refractivity contribution is 7.21. The summed E-state index contributed by atoms with van der Waals surface area (Å²) in [5.74, 6) is 0. The number of nitrogens with zero attached hydrogens (tertiary/aromatic N) is 6. The van der Waals surface area contributed by atoms with Gasteiger partial charge >= 0.3 is 5.13 Å². The van der Waals surface area contributed by atoms with Gasteiger partial charge in [0, 0.05) is 51.2 Å². The quantitative estimate of drug-likeness (QED) is 0.158. The minimum atomic E-state index is 0.827. The van der Waals surface area contributed by atoms with Gasteiger partial charge in [-0.1, -0.05) is 35.0 Å². The maximum absolute atomic E-state index is 5.00. The van der Waals surface area contributed by atoms with E-state index in [0.29, 0.717) is 0 Å². The van der Waals surface area contributed by atoms with Crippen LogP contribution in [0.4, 0.5) is 16.5 Å². The van der Waals surface area contributed by atoms with E-state index >= 15 is 0 Å². The topological polar surface area (TPSA) is 31.5 Å². The van der Waals surface area contributed by atoms with Crippen molar-refractivity contribution >= 4 is 56.6 Å². The molecule has 0 aliphatic rings. The second-order valence-electron chi connectivity index (χ2n) is 10.1. The SMILES string of the molecule is CC[n+]1c(/N=C/c2ccc(N(C)C)cc2)sc2c1c(/C=C/c1ccc(N(C)C)cc1)[n+](CC)n2-c1ccccc1. The molecule has 0 aliphatic carbocycles. The van der Waals surface area contributed by atoms with E-state index in [1.165, 1.54) is 33.0 Å². The molecule has 0 fully saturated rings. The third-order valence-electron chi connectivity index (χ3n) is 7.04. The summed E-state index contributed by atoms with van der Waals surface area (Å²) in [4.78, 5) is 10.4. The zero-order chi connectivity index (χ0) is 28.2. The lowest BCUT2D eigenvalue weighted by Gasteiger charge is -2.11. The minimum absolute atomic E-state index is 0.827. The normalized spacial score (nSPS) is 11.8. The average molecular weight is 551 g/mol. The van der Waals surface area contributed by atoms with Crippen molar-refractivity contribution in [3.8, 4) is 5.69 Å². The molecule has 5 aromatic rings. The van der Waals surface area contributed by atoms with Crippen LogP contribution in [-0.2, 0) is 13.1 Å². The lowest BCUT2D eigenvalue weighted by Crippen LogP contribution is -2.44. The molecule has 0 bridgehead atoms. The number of anilines is 2. The molecule has 0 N–H and O–H groups in total. The number of para-hydroxylation sites is 1. The Bertz CT molecular complexity index is 1640. The molecule has 0 aliphatic heterocycles. The Labute approximate surface area is 241 Å². The summed E-state index contributed by atoms with van der Waals surface area (Å²) in [6.45, 7) is 6.07. The van der Waals surface area contributed by atoms with Crippen molar-refractivity contribution in [3.05, 3.63) is 95.7 Å². The molecule has 3 aromatic carbocycles. The molecular formula is C33H38N6S+2. The molecule has 0 saturated carbocycles. The number of thiazole rings is 1. The molecule has 0 amide bonds. The highest BCUT2D eigenvalue weighted by atomic mass is 32.1. The Morgan fingerprint density at radius 1 is 0.750 bits per heavy atom. The first-order valence-corrected chi connectivity index (χ1v) is 14.6. The molecule has 2 heterocycles. The van der Waals surface area contributed by atoms with E-state index in [2.05, 4.69) is 157 Å². The van der Waals surface area contributed by atoms with Crippen LogP contribution in [0.15, 0.2) is 83.9 Å². The number of fused-ring (bicyclic) bond motifs is 1. The van der Waals surface area contributed by atoms with Crippen LogP contribution in [0, 0.1) is 0 Å². The van der Waals surface area contributed by atoms with Crippen LogP contribution in [0.25, 0.3) is 28.2 Å². The summed E-state index contributed by atoms with van der Waals surface area (Å²) in [6.07, 6.45) is 6.43. The van der Waals surface area contributed by atoms with Crippen LogP contribution >= 0.6 is 11.3 Å². The van der Waals surface area contributed by atoms with Crippen LogP contribution in [0.1, 0.15) is 30.7 Å². The van der Waals surface area contributed by atoms with Gasteiger partial charge in [-0.05, 0) is 90.3 Å². The highest BCUT2D eigenvalue weighted by Gasteiger charge is 2.33. The third kappa shape index (κ3) is 5.42. The number of aromatic nitrogens is 3. The Hall–Kier alpha value is -4.23. The Kier molecular flexibility index (Phi) is 8.12. The molecule has 5 rings (SSSR count). The standard InChI is InChI=1S/C33H38N6S/c1-7-37-31-30(23-18-25-14-19-27(20-15-25)35(3)4)38(8-2)39(29-12-10-9-11-13-29)32(31)40-33(37)34-24-26-16-21-28(22-17-26)36(5)6/h9-24H,7-8H2,1-6H3/q+2. The van der Waals surface area contributed by atoms with Crippen molar-refractivity contribution in [2.75, 3.05) is 38.0 Å². The fraction of sp³-hybridized carbons (Fsp3) is 0.242. The predicted octanol–water partition coefficient (Wildman–Crippen LogP) is 6.36. The summed E-state index contributed by atoms with van der Waals surface area (Å²) in [5.41, 5.74) is 8.15. The van der Waals surface area contributed by atoms with Crippen LogP contribution in [0.3, 0.4) is 0 Å². The van der Waals surface area contributed by atoms with Crippen LogP contribution in [0.2, 0.25) is 0 Å². The second kappa shape index (κ2) is 11.9. The second-order valence-corrected chi connectivity index (χ2v) is 11.1. The van der Waals surface area contributed by atoms with Gasteiger partial charge in [0.2, 0.25) is 10.3 Å². The van der Waals surface area contributed by atoms with Gasteiger partial charge in [-0.25, -0.2) is 4.57 Å². The predicted molar refractivity (Wildman–Crippen MR) is 171 cm³/mol. The zero-order valence-electron chi connectivity index (χ0n) is 24.2. The number of aryl methyl sites for hydroxylation is 1. The van der Waals surface area contributed by atoms with E-state index in [1.807, 2.05) is 6.21 Å². The van der Waals surface area contributed by atoms with E-state index in [1.54, 1.807) is 11.3 Å². The van der Waals surface area contributed by atoms with Gasteiger partial charge in [0.1, 0.15) is 11.9 Å². The molecule has 0 spiro atoms. The van der Waals surface area contributed by atoms with Gasteiger partial charge in [0.05, 0.1) is 6.54 Å². The van der Waals surface area contributed by atoms with Crippen molar-refractivity contribution in [3.63, 3.8) is 0 Å². The molecular weight excluding hydrogens is 512 g/mol. The Morgan fingerprint density at radius 2 is 1.35 bits per heavy atom. The van der Waals surface area contributed by atoms with Crippen LogP contribution in [0.5, 0.6) is 0 Å². The van der Waals surface area contributed by atoms with Gasteiger partial charge in [-0.15, -0.1) is 4.68 Å². The molecule has 0 saturated heterocycles. The van der Waals surface area contributed by atoms with Crippen molar-refractivity contribution in [2.45, 2.75) is 26.9 Å². The van der Waals surface area contributed by atoms with Gasteiger partial charge in [0.25, 0.3) is 5.69 Å². The van der Waals surface area contributed by atoms with E-state index in [0.717, 1.165) is 29.5 Å². The average Bonchev–Trinajstić information content (AvgIpc) is 3.48. The zero-order valence-corrected chi connectivity index (χ0v) is 25.1. The number of rotatable bonds is 9. The smallest absolute Gasteiger partial charge is 0.378 e. The molecule has 40 heavy (non-hydrogen) atoms. The van der Waals surface area contributed by atoms with Crippen LogP contribution < -0.4 is 19.0 Å². The summed E-state index contributed by atoms with van der Waals surface area (Å²) in [6, 6.07) is 27.8. The number of benzene rings is 3. The highest BCUT2D eigenvalue weighted by Crippen LogP contribution is 2.31. The molecule has 2 aromatic heterocycles. The van der Waals surface area contributed by atoms with Crippen molar-refractivity contribution in [1.82, 2.24) is 4.68 Å². The van der Waals surface area contributed by atoms with E-state index in [-0.39, 0.29) is 0 Å². The molecule has 0 radical (unpaired) electrons. The van der Waals surface area contributed by atoms with Crippen molar-refractivity contribution in [2.24, 2.45) is 4.99 Å². The lowest BCUT2D eigenvalue weighted by atomic mass is 10.1. The van der Waals surface area contributed by atoms with Gasteiger partial charge in [-0.2, -0.15) is 0 Å². The summed E-state index contributed by atoms with van der Waals surface area (Å²) < 4.78 is 7.04. The lowest BCUT2D eigenvalue weighted by molar-refractivity contribution is -0.765. The first kappa shape index (κ1) is 27.3. The summed E-state index contributed by atoms with van der Waals surface area (Å²) in [7, 11) is 8.24. The molecule has 204 valence electrons. The Balaban J connectivity index is 1.64. The maximum atomic E-state index is 5.00. The van der Waals surface area contributed by atoms with Gasteiger partial charge in [0.15, 0.2) is 6.54 Å². The Morgan fingerprint density at radius 3 is 1.90 bits per heavy atom. The number of aliphatic imine (C=N–C) groups is 1. The maximum Gasteiger partial charge on any atom is 0.385 e. The van der Waals surface area contributed by atoms with E-state index < -0.39 is 0 Å². The largest absolute Gasteiger partial charge is 0.385 e.